The lowest BCUT2D eigenvalue weighted by Gasteiger charge is -2.36. The molecule has 0 aliphatic heterocycles. The minimum absolute atomic E-state index is 0.607. The molecule has 1 N–H and O–H groups in total. The smallest absolute Gasteiger partial charge is 0.0869 e. The molecule has 132 valence electrons. The van der Waals surface area contributed by atoms with Crippen molar-refractivity contribution in [2.45, 2.75) is 26.2 Å². The highest BCUT2D eigenvalue weighted by Crippen LogP contribution is 2.42. The minimum Gasteiger partial charge on any atom is -0.411 e. The highest BCUT2D eigenvalue weighted by Gasteiger charge is 2.41. The van der Waals surface area contributed by atoms with E-state index in [-0.39, 0.29) is 0 Å². The second kappa shape index (κ2) is 7.42. The van der Waals surface area contributed by atoms with Crippen LogP contribution in [0, 0.1) is 13.8 Å². The summed E-state index contributed by atoms with van der Waals surface area (Å²) in [5.41, 5.74) is 5.08. The van der Waals surface area contributed by atoms with Gasteiger partial charge in [-0.05, 0) is 67.3 Å². The lowest BCUT2D eigenvalue weighted by Crippen LogP contribution is -2.38. The van der Waals surface area contributed by atoms with Crippen molar-refractivity contribution in [1.82, 2.24) is 4.98 Å². The number of oxime groups is 1. The van der Waals surface area contributed by atoms with Gasteiger partial charge in [0.05, 0.1) is 11.1 Å². The van der Waals surface area contributed by atoms with Gasteiger partial charge in [0.15, 0.2) is 0 Å². The van der Waals surface area contributed by atoms with Gasteiger partial charge < -0.3 is 5.21 Å². The molecule has 0 bridgehead atoms. The van der Waals surface area contributed by atoms with Crippen LogP contribution in [-0.2, 0) is 5.41 Å². The second-order valence-electron chi connectivity index (χ2n) is 6.45. The van der Waals surface area contributed by atoms with Gasteiger partial charge in [0.1, 0.15) is 0 Å². The van der Waals surface area contributed by atoms with E-state index in [2.05, 4.69) is 63.3 Å². The molecule has 3 nitrogen and oxygen atoms in total. The van der Waals surface area contributed by atoms with Crippen LogP contribution in [0.3, 0.4) is 0 Å². The average molecular weight is 409 g/mol. The van der Waals surface area contributed by atoms with Crippen molar-refractivity contribution in [3.63, 3.8) is 0 Å². The van der Waals surface area contributed by atoms with Gasteiger partial charge >= 0.3 is 0 Å². The third kappa shape index (κ3) is 3.06. The third-order valence-electron chi connectivity index (χ3n) is 4.83. The molecule has 4 heteroatoms. The Balaban J connectivity index is 2.49. The van der Waals surface area contributed by atoms with Crippen LogP contribution in [-0.4, -0.2) is 15.9 Å². The third-order valence-corrected chi connectivity index (χ3v) is 5.32. The molecule has 3 rings (SSSR count). The number of nitrogens with zero attached hydrogens (tertiary/aromatic N) is 2. The van der Waals surface area contributed by atoms with E-state index >= 15 is 0 Å². The number of pyridine rings is 1. The second-order valence-corrected chi connectivity index (χ2v) is 7.36. The van der Waals surface area contributed by atoms with Crippen LogP contribution in [0.15, 0.2) is 76.5 Å². The molecule has 1 heterocycles. The Bertz CT molecular complexity index is 920. The number of hydrogen-bond donors (Lipinski definition) is 1. The molecule has 0 aliphatic carbocycles. The first-order valence-corrected chi connectivity index (χ1v) is 9.24. The fourth-order valence-electron chi connectivity index (χ4n) is 3.66. The van der Waals surface area contributed by atoms with Gasteiger partial charge in [0.2, 0.25) is 0 Å². The van der Waals surface area contributed by atoms with E-state index in [0.29, 0.717) is 5.71 Å². The average Bonchev–Trinajstić information content (AvgIpc) is 2.64. The molecule has 0 amide bonds. The molecule has 0 radical (unpaired) electrons. The zero-order valence-electron chi connectivity index (χ0n) is 15.1. The van der Waals surface area contributed by atoms with Crippen molar-refractivity contribution in [2.24, 2.45) is 5.16 Å². The minimum atomic E-state index is -0.711. The van der Waals surface area contributed by atoms with Crippen molar-refractivity contribution in [3.8, 4) is 0 Å². The Morgan fingerprint density at radius 1 is 1.00 bits per heavy atom. The van der Waals surface area contributed by atoms with Crippen LogP contribution in [0.4, 0.5) is 0 Å². The highest BCUT2D eigenvalue weighted by atomic mass is 79.9. The summed E-state index contributed by atoms with van der Waals surface area (Å²) in [4.78, 5) is 4.35. The maximum absolute atomic E-state index is 9.84. The highest BCUT2D eigenvalue weighted by molar-refractivity contribution is 9.10. The standard InChI is InChI=1S/C22H21BrN2O/c1-15-7-4-5-10-21(15)22(17(3)25-26,18-8-6-9-20(23)14-18)19-11-12-24-16(2)13-19/h4-14,26H,1-3H3. The summed E-state index contributed by atoms with van der Waals surface area (Å²) in [6, 6.07) is 20.4. The summed E-state index contributed by atoms with van der Waals surface area (Å²) in [6.07, 6.45) is 1.81. The molecule has 2 aromatic carbocycles. The Labute approximate surface area is 162 Å². The molecule has 1 aromatic heterocycles. The molecule has 0 spiro atoms. The zero-order valence-corrected chi connectivity index (χ0v) is 16.7. The summed E-state index contributed by atoms with van der Waals surface area (Å²) >= 11 is 3.59. The predicted molar refractivity (Wildman–Crippen MR) is 109 cm³/mol. The Morgan fingerprint density at radius 2 is 1.73 bits per heavy atom. The number of halogens is 1. The van der Waals surface area contributed by atoms with Gasteiger partial charge in [-0.15, -0.1) is 0 Å². The van der Waals surface area contributed by atoms with Gasteiger partial charge in [-0.3, -0.25) is 4.98 Å². The zero-order chi connectivity index (χ0) is 18.7. The molecule has 1 atom stereocenters. The molecule has 0 aliphatic rings. The Hall–Kier alpha value is -2.46. The summed E-state index contributed by atoms with van der Waals surface area (Å²) in [6.45, 7) is 5.92. The van der Waals surface area contributed by atoms with E-state index in [4.69, 9.17) is 0 Å². The normalized spacial score (nSPS) is 14.1. The number of rotatable bonds is 4. The molecular formula is C22H21BrN2O. The fraction of sp³-hybridized carbons (Fsp3) is 0.182. The lowest BCUT2D eigenvalue weighted by molar-refractivity contribution is 0.315. The summed E-state index contributed by atoms with van der Waals surface area (Å²) in [7, 11) is 0. The molecule has 0 fully saturated rings. The van der Waals surface area contributed by atoms with Crippen molar-refractivity contribution in [2.75, 3.05) is 0 Å². The maximum atomic E-state index is 9.84. The quantitative estimate of drug-likeness (QED) is 0.344. The predicted octanol–water partition coefficient (Wildman–Crippen LogP) is 5.65. The summed E-state index contributed by atoms with van der Waals surface area (Å²) in [5.74, 6) is 0. The first-order valence-electron chi connectivity index (χ1n) is 8.44. The van der Waals surface area contributed by atoms with Gasteiger partial charge in [-0.2, -0.15) is 0 Å². The Kier molecular flexibility index (Phi) is 5.23. The summed E-state index contributed by atoms with van der Waals surface area (Å²) in [5, 5.41) is 13.5. The molecule has 0 saturated heterocycles. The molecular weight excluding hydrogens is 388 g/mol. The first kappa shape index (κ1) is 18.3. The van der Waals surface area contributed by atoms with E-state index in [1.54, 1.807) is 6.20 Å². The number of aryl methyl sites for hydroxylation is 2. The van der Waals surface area contributed by atoms with Gasteiger partial charge in [0, 0.05) is 16.4 Å². The van der Waals surface area contributed by atoms with Crippen LogP contribution in [0.2, 0.25) is 0 Å². The Morgan fingerprint density at radius 3 is 2.38 bits per heavy atom. The van der Waals surface area contributed by atoms with Crippen molar-refractivity contribution < 1.29 is 5.21 Å². The van der Waals surface area contributed by atoms with Crippen LogP contribution < -0.4 is 0 Å². The fourth-order valence-corrected chi connectivity index (χ4v) is 4.06. The van der Waals surface area contributed by atoms with E-state index in [0.717, 1.165) is 32.4 Å². The van der Waals surface area contributed by atoms with Crippen LogP contribution in [0.25, 0.3) is 0 Å². The molecule has 0 saturated carbocycles. The number of benzene rings is 2. The molecule has 3 aromatic rings. The van der Waals surface area contributed by atoms with Gasteiger partial charge in [-0.1, -0.05) is 57.5 Å². The SMILES string of the molecule is CC(=NO)C(c1cccc(Br)c1)(c1ccnc(C)c1)c1ccccc1C. The number of hydrogen-bond acceptors (Lipinski definition) is 3. The van der Waals surface area contributed by atoms with E-state index in [1.807, 2.05) is 44.2 Å². The van der Waals surface area contributed by atoms with E-state index in [1.165, 1.54) is 0 Å². The first-order chi connectivity index (χ1) is 12.5. The van der Waals surface area contributed by atoms with Gasteiger partial charge in [0.25, 0.3) is 0 Å². The van der Waals surface area contributed by atoms with Crippen molar-refractivity contribution in [3.05, 3.63) is 99.3 Å². The molecule has 1 unspecified atom stereocenters. The maximum Gasteiger partial charge on any atom is 0.0869 e. The van der Waals surface area contributed by atoms with Crippen LogP contribution >= 0.6 is 15.9 Å². The lowest BCUT2D eigenvalue weighted by atomic mass is 9.65. The van der Waals surface area contributed by atoms with Crippen LogP contribution in [0.1, 0.15) is 34.9 Å². The monoisotopic (exact) mass is 408 g/mol. The summed E-state index contributed by atoms with van der Waals surface area (Å²) < 4.78 is 0.976. The molecule has 26 heavy (non-hydrogen) atoms. The van der Waals surface area contributed by atoms with Crippen LogP contribution in [0.5, 0.6) is 0 Å². The van der Waals surface area contributed by atoms with E-state index in [9.17, 15) is 5.21 Å². The van der Waals surface area contributed by atoms with Crippen molar-refractivity contribution >= 4 is 21.6 Å². The topological polar surface area (TPSA) is 45.5 Å². The van der Waals surface area contributed by atoms with Crippen molar-refractivity contribution in [1.29, 1.82) is 0 Å². The number of aromatic nitrogens is 1. The van der Waals surface area contributed by atoms with Gasteiger partial charge in [-0.25, -0.2) is 0 Å². The largest absolute Gasteiger partial charge is 0.411 e. The van der Waals surface area contributed by atoms with E-state index < -0.39 is 5.41 Å².